The molecule has 0 saturated heterocycles. The Balaban J connectivity index is 1.96. The van der Waals surface area contributed by atoms with Gasteiger partial charge in [0.2, 0.25) is 0 Å². The van der Waals surface area contributed by atoms with E-state index in [4.69, 9.17) is 0 Å². The second-order valence-electron chi connectivity index (χ2n) is 5.36. The summed E-state index contributed by atoms with van der Waals surface area (Å²) in [6.45, 7) is 0. The highest BCUT2D eigenvalue weighted by molar-refractivity contribution is 7.98. The van der Waals surface area contributed by atoms with Crippen molar-refractivity contribution in [1.82, 2.24) is 9.78 Å². The second kappa shape index (κ2) is 7.25. The van der Waals surface area contributed by atoms with Gasteiger partial charge in [0.1, 0.15) is 0 Å². The number of carbonyl (C=O) groups is 1. The SMILES string of the molecule is CSc1ccc(C(=O)Nc2cc(C(F)(F)F)ccc2-n2cccn2)cc1. The molecule has 0 aliphatic rings. The number of alkyl halides is 3. The minimum atomic E-state index is -4.51. The quantitative estimate of drug-likeness (QED) is 0.660. The van der Waals surface area contributed by atoms with Crippen LogP contribution in [0.1, 0.15) is 15.9 Å². The van der Waals surface area contributed by atoms with Crippen LogP contribution in [-0.4, -0.2) is 21.9 Å². The first-order chi connectivity index (χ1) is 12.4. The molecule has 1 aromatic heterocycles. The number of nitrogens with zero attached hydrogens (tertiary/aromatic N) is 2. The zero-order valence-corrected chi connectivity index (χ0v) is 14.4. The van der Waals surface area contributed by atoms with Crippen molar-refractivity contribution < 1.29 is 18.0 Å². The van der Waals surface area contributed by atoms with Gasteiger partial charge in [0.05, 0.1) is 16.9 Å². The molecule has 4 nitrogen and oxygen atoms in total. The maximum absolute atomic E-state index is 13.0. The third kappa shape index (κ3) is 3.91. The number of halogens is 3. The fourth-order valence-electron chi connectivity index (χ4n) is 2.36. The van der Waals surface area contributed by atoms with Crippen LogP contribution < -0.4 is 5.32 Å². The minimum Gasteiger partial charge on any atom is -0.320 e. The van der Waals surface area contributed by atoms with E-state index in [0.717, 1.165) is 17.0 Å². The van der Waals surface area contributed by atoms with Gasteiger partial charge in [0.15, 0.2) is 0 Å². The van der Waals surface area contributed by atoms with Crippen molar-refractivity contribution in [2.24, 2.45) is 0 Å². The van der Waals surface area contributed by atoms with Crippen molar-refractivity contribution in [1.29, 1.82) is 0 Å². The normalized spacial score (nSPS) is 11.4. The summed E-state index contributed by atoms with van der Waals surface area (Å²) in [6, 6.07) is 11.6. The van der Waals surface area contributed by atoms with Crippen molar-refractivity contribution in [2.45, 2.75) is 11.1 Å². The summed E-state index contributed by atoms with van der Waals surface area (Å²) in [5.41, 5.74) is -0.118. The van der Waals surface area contributed by atoms with E-state index in [-0.39, 0.29) is 5.69 Å². The molecule has 1 N–H and O–H groups in total. The number of hydrogen-bond donors (Lipinski definition) is 1. The standard InChI is InChI=1S/C18H14F3N3OS/c1-26-14-6-3-12(4-7-14)17(25)23-15-11-13(18(19,20)21)5-8-16(15)24-10-2-9-22-24/h2-11H,1H3,(H,23,25). The summed E-state index contributed by atoms with van der Waals surface area (Å²) < 4.78 is 40.5. The van der Waals surface area contributed by atoms with Gasteiger partial charge < -0.3 is 5.32 Å². The molecule has 1 amide bonds. The highest BCUT2D eigenvalue weighted by Gasteiger charge is 2.31. The summed E-state index contributed by atoms with van der Waals surface area (Å²) in [4.78, 5) is 13.5. The van der Waals surface area contributed by atoms with E-state index in [1.54, 1.807) is 36.5 Å². The molecule has 0 radical (unpaired) electrons. The molecule has 134 valence electrons. The number of amides is 1. The van der Waals surface area contributed by atoms with Crippen molar-refractivity contribution in [3.8, 4) is 5.69 Å². The summed E-state index contributed by atoms with van der Waals surface area (Å²) in [5.74, 6) is -0.495. The Bertz CT molecular complexity index is 906. The fourth-order valence-corrected chi connectivity index (χ4v) is 2.77. The Morgan fingerprint density at radius 2 is 1.88 bits per heavy atom. The molecule has 3 rings (SSSR count). The lowest BCUT2D eigenvalue weighted by atomic mass is 10.1. The van der Waals surface area contributed by atoms with Gasteiger partial charge in [-0.1, -0.05) is 0 Å². The Hall–Kier alpha value is -2.74. The van der Waals surface area contributed by atoms with E-state index in [2.05, 4.69) is 10.4 Å². The molecule has 0 saturated carbocycles. The molecule has 0 atom stereocenters. The van der Waals surface area contributed by atoms with Crippen LogP contribution in [-0.2, 0) is 6.18 Å². The Morgan fingerprint density at radius 1 is 1.15 bits per heavy atom. The average molecular weight is 377 g/mol. The van der Waals surface area contributed by atoms with E-state index in [0.29, 0.717) is 11.3 Å². The number of anilines is 1. The van der Waals surface area contributed by atoms with Crippen LogP contribution in [0.3, 0.4) is 0 Å². The molecule has 0 aliphatic heterocycles. The first-order valence-electron chi connectivity index (χ1n) is 7.55. The van der Waals surface area contributed by atoms with E-state index in [1.165, 1.54) is 28.7 Å². The number of rotatable bonds is 4. The van der Waals surface area contributed by atoms with Gasteiger partial charge in [-0.2, -0.15) is 18.3 Å². The number of carbonyl (C=O) groups excluding carboxylic acids is 1. The van der Waals surface area contributed by atoms with Gasteiger partial charge in [-0.3, -0.25) is 4.79 Å². The minimum absolute atomic E-state index is 0.0301. The Kier molecular flexibility index (Phi) is 5.03. The van der Waals surface area contributed by atoms with Gasteiger partial charge in [-0.05, 0) is 54.8 Å². The number of benzene rings is 2. The smallest absolute Gasteiger partial charge is 0.320 e. The molecule has 26 heavy (non-hydrogen) atoms. The molecule has 0 spiro atoms. The number of thioether (sulfide) groups is 1. The highest BCUT2D eigenvalue weighted by atomic mass is 32.2. The number of aromatic nitrogens is 2. The molecule has 0 aliphatic carbocycles. The van der Waals surface area contributed by atoms with E-state index in [1.807, 2.05) is 6.26 Å². The molecular formula is C18H14F3N3OS. The zero-order chi connectivity index (χ0) is 18.7. The molecule has 1 heterocycles. The first kappa shape index (κ1) is 18.1. The number of hydrogen-bond acceptors (Lipinski definition) is 3. The van der Waals surface area contributed by atoms with Gasteiger partial charge in [0.25, 0.3) is 5.91 Å². The largest absolute Gasteiger partial charge is 0.416 e. The fraction of sp³-hybridized carbons (Fsp3) is 0.111. The van der Waals surface area contributed by atoms with Crippen molar-refractivity contribution in [3.05, 3.63) is 72.1 Å². The lowest BCUT2D eigenvalue weighted by Crippen LogP contribution is -2.15. The first-order valence-corrected chi connectivity index (χ1v) is 8.77. The van der Waals surface area contributed by atoms with Gasteiger partial charge in [0, 0.05) is 22.9 Å². The van der Waals surface area contributed by atoms with Gasteiger partial charge >= 0.3 is 6.18 Å². The second-order valence-corrected chi connectivity index (χ2v) is 6.24. The van der Waals surface area contributed by atoms with Crippen LogP contribution in [0.15, 0.2) is 65.8 Å². The van der Waals surface area contributed by atoms with E-state index < -0.39 is 17.6 Å². The van der Waals surface area contributed by atoms with Crippen LogP contribution in [0, 0.1) is 0 Å². The van der Waals surface area contributed by atoms with Crippen LogP contribution >= 0.6 is 11.8 Å². The van der Waals surface area contributed by atoms with E-state index in [9.17, 15) is 18.0 Å². The molecule has 0 fully saturated rings. The predicted molar refractivity (Wildman–Crippen MR) is 94.7 cm³/mol. The number of nitrogens with one attached hydrogen (secondary N) is 1. The average Bonchev–Trinajstić information content (AvgIpc) is 3.15. The molecule has 0 bridgehead atoms. The molecular weight excluding hydrogens is 363 g/mol. The summed E-state index contributed by atoms with van der Waals surface area (Å²) in [5, 5.41) is 6.58. The van der Waals surface area contributed by atoms with Crippen molar-refractivity contribution >= 4 is 23.4 Å². The van der Waals surface area contributed by atoms with Crippen LogP contribution in [0.4, 0.5) is 18.9 Å². The topological polar surface area (TPSA) is 46.9 Å². The molecule has 0 unspecified atom stereocenters. The zero-order valence-electron chi connectivity index (χ0n) is 13.6. The van der Waals surface area contributed by atoms with Crippen molar-refractivity contribution in [3.63, 3.8) is 0 Å². The third-order valence-corrected chi connectivity index (χ3v) is 4.42. The lowest BCUT2D eigenvalue weighted by Gasteiger charge is -2.15. The Labute approximate surface area is 152 Å². The monoisotopic (exact) mass is 377 g/mol. The highest BCUT2D eigenvalue weighted by Crippen LogP contribution is 2.33. The van der Waals surface area contributed by atoms with Crippen LogP contribution in [0.2, 0.25) is 0 Å². The maximum atomic E-state index is 13.0. The Morgan fingerprint density at radius 3 is 2.46 bits per heavy atom. The van der Waals surface area contributed by atoms with Crippen LogP contribution in [0.5, 0.6) is 0 Å². The maximum Gasteiger partial charge on any atom is 0.416 e. The van der Waals surface area contributed by atoms with E-state index >= 15 is 0 Å². The lowest BCUT2D eigenvalue weighted by molar-refractivity contribution is -0.137. The van der Waals surface area contributed by atoms with Crippen molar-refractivity contribution in [2.75, 3.05) is 11.6 Å². The van der Waals surface area contributed by atoms with Gasteiger partial charge in [-0.25, -0.2) is 4.68 Å². The molecule has 8 heteroatoms. The summed E-state index contributed by atoms with van der Waals surface area (Å²) in [6.07, 6.45) is 0.492. The van der Waals surface area contributed by atoms with Crippen LogP contribution in [0.25, 0.3) is 5.69 Å². The predicted octanol–water partition coefficient (Wildman–Crippen LogP) is 4.87. The summed E-state index contributed by atoms with van der Waals surface area (Å²) >= 11 is 1.53. The molecule has 2 aromatic carbocycles. The summed E-state index contributed by atoms with van der Waals surface area (Å²) in [7, 11) is 0. The molecule has 3 aromatic rings. The third-order valence-electron chi connectivity index (χ3n) is 3.68. The van der Waals surface area contributed by atoms with Gasteiger partial charge in [-0.15, -0.1) is 11.8 Å².